The van der Waals surface area contributed by atoms with Gasteiger partial charge in [0.1, 0.15) is 12.2 Å². The van der Waals surface area contributed by atoms with Crippen LogP contribution >= 0.6 is 0 Å². The fourth-order valence-corrected chi connectivity index (χ4v) is 1.38. The summed E-state index contributed by atoms with van der Waals surface area (Å²) in [5.41, 5.74) is -0.686. The molecule has 0 aromatic carbocycles. The van der Waals surface area contributed by atoms with E-state index in [1.54, 1.807) is 6.92 Å². The van der Waals surface area contributed by atoms with Gasteiger partial charge in [0, 0.05) is 6.54 Å². The van der Waals surface area contributed by atoms with E-state index in [0.29, 0.717) is 12.5 Å². The molecule has 1 rings (SSSR count). The summed E-state index contributed by atoms with van der Waals surface area (Å²) < 4.78 is 1.84. The molecule has 0 unspecified atom stereocenters. The highest BCUT2D eigenvalue weighted by Crippen LogP contribution is 2.05. The van der Waals surface area contributed by atoms with E-state index in [2.05, 4.69) is 29.2 Å². The molecule has 3 N–H and O–H groups in total. The molecule has 0 aliphatic heterocycles. The molecule has 1 heterocycles. The Labute approximate surface area is 102 Å². The van der Waals surface area contributed by atoms with Crippen molar-refractivity contribution in [3.05, 3.63) is 12.2 Å². The summed E-state index contributed by atoms with van der Waals surface area (Å²) in [4.78, 5) is 4.17. The number of aliphatic hydroxyl groups is 2. The van der Waals surface area contributed by atoms with Crippen LogP contribution in [0.25, 0.3) is 0 Å². The molecule has 0 saturated heterocycles. The molecule has 0 aliphatic rings. The summed E-state index contributed by atoms with van der Waals surface area (Å²) in [5, 5.41) is 25.6. The van der Waals surface area contributed by atoms with Gasteiger partial charge in [-0.2, -0.15) is 5.10 Å². The highest BCUT2D eigenvalue weighted by molar-refractivity contribution is 4.89. The third-order valence-electron chi connectivity index (χ3n) is 2.61. The number of hydrogen-bond acceptors (Lipinski definition) is 5. The normalized spacial score (nSPS) is 12.4. The van der Waals surface area contributed by atoms with E-state index in [9.17, 15) is 0 Å². The maximum atomic E-state index is 9.16. The van der Waals surface area contributed by atoms with Gasteiger partial charge in [-0.05, 0) is 12.8 Å². The van der Waals surface area contributed by atoms with Crippen LogP contribution in [0.2, 0.25) is 0 Å². The van der Waals surface area contributed by atoms with Crippen molar-refractivity contribution >= 4 is 0 Å². The lowest BCUT2D eigenvalue weighted by atomic mass is 10.1. The first-order valence-corrected chi connectivity index (χ1v) is 5.84. The highest BCUT2D eigenvalue weighted by atomic mass is 16.3. The maximum absolute atomic E-state index is 9.16. The van der Waals surface area contributed by atoms with Crippen molar-refractivity contribution in [2.75, 3.05) is 13.2 Å². The van der Waals surface area contributed by atoms with E-state index < -0.39 is 5.54 Å². The topological polar surface area (TPSA) is 83.2 Å². The van der Waals surface area contributed by atoms with Crippen molar-refractivity contribution in [2.45, 2.75) is 39.4 Å². The van der Waals surface area contributed by atoms with Gasteiger partial charge in [0.2, 0.25) is 0 Å². The van der Waals surface area contributed by atoms with Crippen molar-refractivity contribution in [3.8, 4) is 0 Å². The van der Waals surface area contributed by atoms with Crippen LogP contribution < -0.4 is 5.32 Å². The van der Waals surface area contributed by atoms with E-state index in [-0.39, 0.29) is 13.2 Å². The second-order valence-corrected chi connectivity index (χ2v) is 4.98. The molecule has 0 saturated carbocycles. The molecule has 0 bridgehead atoms. The molecular weight excluding hydrogens is 220 g/mol. The Bertz CT molecular complexity index is 334. The minimum atomic E-state index is -0.686. The molecule has 1 aromatic heterocycles. The van der Waals surface area contributed by atoms with E-state index in [4.69, 9.17) is 10.2 Å². The lowest BCUT2D eigenvalue weighted by molar-refractivity contribution is 0.102. The summed E-state index contributed by atoms with van der Waals surface area (Å²) in [6, 6.07) is 0. The Kier molecular flexibility index (Phi) is 5.04. The van der Waals surface area contributed by atoms with Crippen molar-refractivity contribution < 1.29 is 10.2 Å². The molecular formula is C11H22N4O2. The van der Waals surface area contributed by atoms with Crippen LogP contribution in [0.5, 0.6) is 0 Å². The van der Waals surface area contributed by atoms with Crippen molar-refractivity contribution in [3.63, 3.8) is 0 Å². The Morgan fingerprint density at radius 2 is 2.06 bits per heavy atom. The van der Waals surface area contributed by atoms with Gasteiger partial charge in [0.15, 0.2) is 0 Å². The molecule has 1 aromatic rings. The van der Waals surface area contributed by atoms with E-state index in [0.717, 1.165) is 12.4 Å². The van der Waals surface area contributed by atoms with Crippen molar-refractivity contribution in [1.29, 1.82) is 0 Å². The van der Waals surface area contributed by atoms with Gasteiger partial charge in [0.25, 0.3) is 0 Å². The predicted molar refractivity (Wildman–Crippen MR) is 64.3 cm³/mol. The number of nitrogens with one attached hydrogen (secondary N) is 1. The minimum absolute atomic E-state index is 0.123. The molecule has 6 nitrogen and oxygen atoms in total. The first-order valence-electron chi connectivity index (χ1n) is 5.84. The van der Waals surface area contributed by atoms with Gasteiger partial charge in [0.05, 0.1) is 25.3 Å². The van der Waals surface area contributed by atoms with Crippen molar-refractivity contribution in [2.24, 2.45) is 5.92 Å². The van der Waals surface area contributed by atoms with Gasteiger partial charge in [-0.25, -0.2) is 9.67 Å². The van der Waals surface area contributed by atoms with E-state index in [1.165, 1.54) is 6.33 Å². The zero-order chi connectivity index (χ0) is 12.9. The van der Waals surface area contributed by atoms with E-state index in [1.807, 2.05) is 4.68 Å². The third kappa shape index (κ3) is 4.07. The molecule has 98 valence electrons. The third-order valence-corrected chi connectivity index (χ3v) is 2.61. The molecule has 0 amide bonds. The van der Waals surface area contributed by atoms with Crippen LogP contribution in [0.3, 0.4) is 0 Å². The fraction of sp³-hybridized carbons (Fsp3) is 0.818. The van der Waals surface area contributed by atoms with Crippen LogP contribution in [-0.4, -0.2) is 43.7 Å². The van der Waals surface area contributed by atoms with Gasteiger partial charge in [-0.3, -0.25) is 0 Å². The number of aromatic nitrogens is 3. The van der Waals surface area contributed by atoms with Crippen molar-refractivity contribution in [1.82, 2.24) is 20.1 Å². The van der Waals surface area contributed by atoms with Gasteiger partial charge in [-0.1, -0.05) is 13.8 Å². The highest BCUT2D eigenvalue weighted by Gasteiger charge is 2.22. The standard InChI is InChI=1S/C11H22N4O2/c1-9(2)5-15-10(12-8-14-15)4-13-11(3,6-16)7-17/h8-9,13,16-17H,4-7H2,1-3H3. The number of aliphatic hydroxyl groups excluding tert-OH is 2. The molecule has 0 atom stereocenters. The predicted octanol–water partition coefficient (Wildman–Crippen LogP) is -0.233. The number of rotatable bonds is 7. The molecule has 0 fully saturated rings. The molecule has 0 aliphatic carbocycles. The zero-order valence-corrected chi connectivity index (χ0v) is 10.7. The molecule has 6 heteroatoms. The summed E-state index contributed by atoms with van der Waals surface area (Å²) in [5.74, 6) is 1.31. The minimum Gasteiger partial charge on any atom is -0.394 e. The Balaban J connectivity index is 2.60. The Morgan fingerprint density at radius 3 is 2.59 bits per heavy atom. The van der Waals surface area contributed by atoms with Crippen LogP contribution in [0, 0.1) is 5.92 Å². The fourth-order valence-electron chi connectivity index (χ4n) is 1.38. The van der Waals surface area contributed by atoms with Crippen LogP contribution in [0.1, 0.15) is 26.6 Å². The zero-order valence-electron chi connectivity index (χ0n) is 10.7. The van der Waals surface area contributed by atoms with Gasteiger partial charge in [-0.15, -0.1) is 0 Å². The first kappa shape index (κ1) is 14.1. The van der Waals surface area contributed by atoms with E-state index >= 15 is 0 Å². The Hall–Kier alpha value is -0.980. The monoisotopic (exact) mass is 242 g/mol. The summed E-state index contributed by atoms with van der Waals surface area (Å²) in [7, 11) is 0. The number of nitrogens with zero attached hydrogens (tertiary/aromatic N) is 3. The van der Waals surface area contributed by atoms with Crippen LogP contribution in [0.15, 0.2) is 6.33 Å². The first-order chi connectivity index (χ1) is 8.00. The number of hydrogen-bond donors (Lipinski definition) is 3. The lowest BCUT2D eigenvalue weighted by Gasteiger charge is -2.26. The smallest absolute Gasteiger partial charge is 0.140 e. The quantitative estimate of drug-likeness (QED) is 0.615. The second-order valence-electron chi connectivity index (χ2n) is 4.98. The summed E-state index contributed by atoms with van der Waals surface area (Å²) in [6.07, 6.45) is 1.52. The largest absolute Gasteiger partial charge is 0.394 e. The Morgan fingerprint density at radius 1 is 1.41 bits per heavy atom. The second kappa shape index (κ2) is 6.09. The van der Waals surface area contributed by atoms with Crippen LogP contribution in [-0.2, 0) is 13.1 Å². The average molecular weight is 242 g/mol. The van der Waals surface area contributed by atoms with Crippen LogP contribution in [0.4, 0.5) is 0 Å². The molecule has 0 radical (unpaired) electrons. The maximum Gasteiger partial charge on any atom is 0.140 e. The van der Waals surface area contributed by atoms with Gasteiger partial charge >= 0.3 is 0 Å². The molecule has 17 heavy (non-hydrogen) atoms. The average Bonchev–Trinajstić information content (AvgIpc) is 2.72. The lowest BCUT2D eigenvalue weighted by Crippen LogP contribution is -2.48. The SMILES string of the molecule is CC(C)Cn1ncnc1CNC(C)(CO)CO. The molecule has 0 spiro atoms. The summed E-state index contributed by atoms with van der Waals surface area (Å²) in [6.45, 7) is 7.03. The van der Waals surface area contributed by atoms with Gasteiger partial charge < -0.3 is 15.5 Å². The summed E-state index contributed by atoms with van der Waals surface area (Å²) >= 11 is 0.